The van der Waals surface area contributed by atoms with Crippen LogP contribution in [0.3, 0.4) is 0 Å². The molecule has 0 aliphatic heterocycles. The maximum Gasteiger partial charge on any atom is 0.0678 e. The minimum atomic E-state index is 0.264. The van der Waals surface area contributed by atoms with Gasteiger partial charge in [-0.2, -0.15) is 0 Å². The molecule has 2 nitrogen and oxygen atoms in total. The molecule has 0 radical (unpaired) electrons. The van der Waals surface area contributed by atoms with Gasteiger partial charge in [-0.15, -0.1) is 0 Å². The van der Waals surface area contributed by atoms with E-state index in [-0.39, 0.29) is 6.04 Å². The van der Waals surface area contributed by atoms with Crippen LogP contribution in [0.5, 0.6) is 0 Å². The van der Waals surface area contributed by atoms with Crippen molar-refractivity contribution in [1.82, 2.24) is 4.90 Å². The summed E-state index contributed by atoms with van der Waals surface area (Å²) in [6, 6.07) is 19.5. The van der Waals surface area contributed by atoms with E-state index in [0.29, 0.717) is 37.7 Å². The molecular formula is C44H42I2N2. The highest BCUT2D eigenvalue weighted by Crippen LogP contribution is 2.41. The summed E-state index contributed by atoms with van der Waals surface area (Å²) in [5.41, 5.74) is 8.29. The third kappa shape index (κ3) is 6.59. The molecule has 8 unspecified atom stereocenters. The lowest BCUT2D eigenvalue weighted by Crippen LogP contribution is -2.44. The zero-order valence-electron chi connectivity index (χ0n) is 27.1. The largest absolute Gasteiger partial charge is 0.362 e. The van der Waals surface area contributed by atoms with E-state index < -0.39 is 0 Å². The van der Waals surface area contributed by atoms with E-state index in [2.05, 4.69) is 213 Å². The molecule has 0 saturated heterocycles. The maximum atomic E-state index is 2.75. The highest BCUT2D eigenvalue weighted by atomic mass is 127. The Bertz CT molecular complexity index is 1820. The number of fused-ring (bicyclic) bond motifs is 2. The Morgan fingerprint density at radius 2 is 1.46 bits per heavy atom. The Morgan fingerprint density at radius 1 is 0.667 bits per heavy atom. The normalized spacial score (nSPS) is 31.2. The van der Waals surface area contributed by atoms with E-state index >= 15 is 0 Å². The predicted molar refractivity (Wildman–Crippen MR) is 221 cm³/mol. The fourth-order valence-corrected chi connectivity index (χ4v) is 10.2. The summed E-state index contributed by atoms with van der Waals surface area (Å²) in [7, 11) is 0. The highest BCUT2D eigenvalue weighted by Gasteiger charge is 2.34. The number of allylic oxidation sites excluding steroid dienone is 13. The second-order valence-corrected chi connectivity index (χ2v) is 16.7. The Hall–Kier alpha value is -3.10. The van der Waals surface area contributed by atoms with Gasteiger partial charge in [-0.05, 0) is 66.7 Å². The molecule has 0 fully saturated rings. The summed E-state index contributed by atoms with van der Waals surface area (Å²) in [6.45, 7) is 0. The summed E-state index contributed by atoms with van der Waals surface area (Å²) < 4.78 is 0.905. The molecule has 0 spiro atoms. The lowest BCUT2D eigenvalue weighted by Gasteiger charge is -2.44. The van der Waals surface area contributed by atoms with Gasteiger partial charge < -0.3 is 9.80 Å². The minimum absolute atomic E-state index is 0.264. The predicted octanol–water partition coefficient (Wildman–Crippen LogP) is 11.0. The topological polar surface area (TPSA) is 6.48 Å². The van der Waals surface area contributed by atoms with E-state index in [1.807, 2.05) is 0 Å². The van der Waals surface area contributed by atoms with Crippen molar-refractivity contribution in [2.75, 3.05) is 4.90 Å². The number of aryl methyl sites for hydroxylation is 1. The van der Waals surface area contributed by atoms with Crippen LogP contribution in [0.1, 0.15) is 41.9 Å². The molecule has 6 aliphatic rings. The van der Waals surface area contributed by atoms with Gasteiger partial charge in [0.1, 0.15) is 0 Å². The summed E-state index contributed by atoms with van der Waals surface area (Å²) in [4.78, 5) is 5.29. The third-order valence-corrected chi connectivity index (χ3v) is 13.1. The molecule has 0 N–H and O–H groups in total. The molecule has 4 heteroatoms. The van der Waals surface area contributed by atoms with Gasteiger partial charge in [-0.1, -0.05) is 179 Å². The molecule has 8 rings (SSSR count). The fourth-order valence-electron chi connectivity index (χ4n) is 8.19. The molecule has 2 aromatic carbocycles. The molecule has 0 aromatic heterocycles. The van der Waals surface area contributed by atoms with Gasteiger partial charge >= 0.3 is 0 Å². The van der Waals surface area contributed by atoms with Crippen LogP contribution in [0.4, 0.5) is 5.69 Å². The van der Waals surface area contributed by atoms with Gasteiger partial charge in [0.15, 0.2) is 0 Å². The first-order valence-electron chi connectivity index (χ1n) is 17.5. The first-order valence-corrected chi connectivity index (χ1v) is 20.0. The number of hydrogen-bond acceptors (Lipinski definition) is 2. The molecule has 0 amide bonds. The summed E-state index contributed by atoms with van der Waals surface area (Å²) in [6.07, 6.45) is 46.3. The summed E-state index contributed by atoms with van der Waals surface area (Å²) in [5.74, 6) is 1.26. The quantitative estimate of drug-likeness (QED) is 0.156. The lowest BCUT2D eigenvalue weighted by atomic mass is 9.83. The molecule has 48 heavy (non-hydrogen) atoms. The number of alkyl halides is 2. The number of anilines is 1. The molecule has 6 aliphatic carbocycles. The van der Waals surface area contributed by atoms with Gasteiger partial charge in [0, 0.05) is 44.8 Å². The molecule has 0 heterocycles. The Balaban J connectivity index is 1.06. The van der Waals surface area contributed by atoms with Crippen molar-refractivity contribution < 1.29 is 0 Å². The number of halogens is 2. The maximum absolute atomic E-state index is 2.75. The van der Waals surface area contributed by atoms with Crippen LogP contribution in [0.15, 0.2) is 163 Å². The molecule has 8 atom stereocenters. The second kappa shape index (κ2) is 14.4. The average Bonchev–Trinajstić information content (AvgIpc) is 3.13. The van der Waals surface area contributed by atoms with Gasteiger partial charge in [-0.3, -0.25) is 0 Å². The van der Waals surface area contributed by atoms with E-state index in [1.54, 1.807) is 0 Å². The Kier molecular flexibility index (Phi) is 9.64. The zero-order valence-corrected chi connectivity index (χ0v) is 31.4. The van der Waals surface area contributed by atoms with E-state index in [4.69, 9.17) is 0 Å². The van der Waals surface area contributed by atoms with E-state index in [0.717, 1.165) is 25.7 Å². The zero-order chi connectivity index (χ0) is 32.5. The van der Waals surface area contributed by atoms with Crippen molar-refractivity contribution in [2.45, 2.75) is 57.6 Å². The summed E-state index contributed by atoms with van der Waals surface area (Å²) in [5, 5.41) is 0. The van der Waals surface area contributed by atoms with Gasteiger partial charge in [0.05, 0.1) is 16.0 Å². The number of hydrogen-bond donors (Lipinski definition) is 0. The Labute approximate surface area is 313 Å². The van der Waals surface area contributed by atoms with Gasteiger partial charge in [0.2, 0.25) is 0 Å². The molecular weight excluding hydrogens is 810 g/mol. The lowest BCUT2D eigenvalue weighted by molar-refractivity contribution is 0.224. The monoisotopic (exact) mass is 852 g/mol. The molecule has 2 aromatic rings. The van der Waals surface area contributed by atoms with E-state index in [1.165, 1.54) is 33.8 Å². The van der Waals surface area contributed by atoms with Gasteiger partial charge in [0.25, 0.3) is 0 Å². The van der Waals surface area contributed by atoms with Crippen LogP contribution < -0.4 is 4.90 Å². The third-order valence-electron chi connectivity index (χ3n) is 10.7. The van der Waals surface area contributed by atoms with Crippen molar-refractivity contribution in [3.8, 4) is 0 Å². The Morgan fingerprint density at radius 3 is 2.27 bits per heavy atom. The first-order chi connectivity index (χ1) is 23.6. The standard InChI is InChI=1S/C44H42I2N2/c45-42-16-8-9-17-44(42)48(39-25-19-32-11-5-7-13-35(32)29-39)37-22-20-33(21-23-37)41-27-26-40(30-43(41)46)47(36-14-2-1-3-15-36)38-24-18-31-10-4-6-12-34(31)28-38/h1-14,16-17,19-23,25-29,32,35-36,40-44H,15,18,24,30H2. The first kappa shape index (κ1) is 32.1. The van der Waals surface area contributed by atoms with Crippen LogP contribution in [-0.4, -0.2) is 30.9 Å². The van der Waals surface area contributed by atoms with Crippen LogP contribution >= 0.6 is 45.2 Å². The SMILES string of the molecule is IC1C=CC=CC1N(C1=CC2C=CC=CC2C=C1)c1ccc(C2C=CC(N(C3=Cc4ccccc4CC3)C3C=CC=CC3)CC2I)cc1. The van der Waals surface area contributed by atoms with Crippen LogP contribution in [0.25, 0.3) is 6.08 Å². The van der Waals surface area contributed by atoms with E-state index in [9.17, 15) is 0 Å². The highest BCUT2D eigenvalue weighted by molar-refractivity contribution is 14.1. The number of rotatable bonds is 7. The van der Waals surface area contributed by atoms with Crippen molar-refractivity contribution in [1.29, 1.82) is 0 Å². The summed E-state index contributed by atoms with van der Waals surface area (Å²) >= 11 is 5.33. The van der Waals surface area contributed by atoms with Crippen LogP contribution in [0.2, 0.25) is 0 Å². The average molecular weight is 853 g/mol. The molecule has 0 bridgehead atoms. The van der Waals surface area contributed by atoms with Crippen molar-refractivity contribution in [3.05, 3.63) is 180 Å². The number of nitrogens with zero attached hydrogens (tertiary/aromatic N) is 2. The van der Waals surface area contributed by atoms with Crippen LogP contribution in [0, 0.1) is 11.8 Å². The van der Waals surface area contributed by atoms with Gasteiger partial charge in [-0.25, -0.2) is 0 Å². The van der Waals surface area contributed by atoms with Crippen LogP contribution in [-0.2, 0) is 6.42 Å². The molecule has 242 valence electrons. The fraction of sp³-hybridized carbons (Fsp3) is 0.273. The second-order valence-electron chi connectivity index (χ2n) is 13.6. The number of benzene rings is 2. The van der Waals surface area contributed by atoms with Crippen molar-refractivity contribution in [2.24, 2.45) is 11.8 Å². The minimum Gasteiger partial charge on any atom is -0.362 e. The van der Waals surface area contributed by atoms with Crippen molar-refractivity contribution >= 4 is 56.9 Å². The smallest absolute Gasteiger partial charge is 0.0678 e. The van der Waals surface area contributed by atoms with Crippen molar-refractivity contribution in [3.63, 3.8) is 0 Å². The molecule has 0 saturated carbocycles.